The highest BCUT2D eigenvalue weighted by Crippen LogP contribution is 2.38. The van der Waals surface area contributed by atoms with Crippen molar-refractivity contribution in [1.82, 2.24) is 14.8 Å². The molecule has 0 saturated carbocycles. The number of nitrogens with zero attached hydrogens (tertiary/aromatic N) is 4. The molecule has 1 amide bonds. The fourth-order valence-electron chi connectivity index (χ4n) is 5.21. The van der Waals surface area contributed by atoms with Crippen LogP contribution < -0.4 is 0 Å². The van der Waals surface area contributed by atoms with Crippen LogP contribution in [0.25, 0.3) is 10.2 Å². The first-order valence-electron chi connectivity index (χ1n) is 11.4. The zero-order valence-electron chi connectivity index (χ0n) is 18.1. The summed E-state index contributed by atoms with van der Waals surface area (Å²) in [6, 6.07) is 15.1. The Labute approximate surface area is 196 Å². The molecule has 3 aliphatic rings. The number of thiazole rings is 1. The van der Waals surface area contributed by atoms with Crippen molar-refractivity contribution in [3.05, 3.63) is 59.1 Å². The molecule has 0 aliphatic carbocycles. The number of hydrogen-bond acceptors (Lipinski definition) is 6. The van der Waals surface area contributed by atoms with Crippen molar-refractivity contribution in [1.29, 1.82) is 0 Å². The van der Waals surface area contributed by atoms with Gasteiger partial charge in [0.25, 0.3) is 10.0 Å². The predicted molar refractivity (Wildman–Crippen MR) is 128 cm³/mol. The molecular formula is C24H24N4O3S2. The van der Waals surface area contributed by atoms with Crippen LogP contribution in [0.2, 0.25) is 0 Å². The Morgan fingerprint density at radius 1 is 0.970 bits per heavy atom. The van der Waals surface area contributed by atoms with E-state index in [0.717, 1.165) is 34.6 Å². The molecule has 33 heavy (non-hydrogen) atoms. The molecule has 3 aliphatic heterocycles. The zero-order valence-corrected chi connectivity index (χ0v) is 19.7. The largest absolute Gasteiger partial charge is 0.355 e. The normalized spacial score (nSPS) is 22.5. The SMILES string of the molecule is O=C(C1CCN(C2=NS(=O)(=O)c3ccccc32)CC1)N1CCC[C@H]1c1nc2ccccc2s1. The monoisotopic (exact) mass is 480 g/mol. The van der Waals surface area contributed by atoms with Gasteiger partial charge in [-0.1, -0.05) is 24.3 Å². The van der Waals surface area contributed by atoms with Gasteiger partial charge in [-0.05, 0) is 49.9 Å². The van der Waals surface area contributed by atoms with E-state index in [-0.39, 0.29) is 22.8 Å². The Morgan fingerprint density at radius 2 is 1.73 bits per heavy atom. The van der Waals surface area contributed by atoms with Crippen LogP contribution in [0.15, 0.2) is 57.8 Å². The summed E-state index contributed by atoms with van der Waals surface area (Å²) in [6.07, 6.45) is 3.35. The Bertz CT molecular complexity index is 1340. The molecule has 2 fully saturated rings. The highest BCUT2D eigenvalue weighted by atomic mass is 32.2. The Hall–Kier alpha value is -2.78. The first kappa shape index (κ1) is 20.8. The number of rotatable bonds is 2. The number of sulfonamides is 1. The molecule has 2 saturated heterocycles. The van der Waals surface area contributed by atoms with Crippen molar-refractivity contribution >= 4 is 43.3 Å². The third-order valence-corrected chi connectivity index (χ3v) is 9.35. The molecule has 0 N–H and O–H groups in total. The number of benzene rings is 2. The second kappa shape index (κ2) is 7.92. The van der Waals surface area contributed by atoms with E-state index in [1.54, 1.807) is 23.5 Å². The van der Waals surface area contributed by atoms with Gasteiger partial charge in [-0.15, -0.1) is 15.7 Å². The lowest BCUT2D eigenvalue weighted by Gasteiger charge is -2.35. The van der Waals surface area contributed by atoms with E-state index in [4.69, 9.17) is 4.98 Å². The summed E-state index contributed by atoms with van der Waals surface area (Å²) in [5.41, 5.74) is 1.66. The number of carbonyl (C=O) groups is 1. The molecule has 0 unspecified atom stereocenters. The van der Waals surface area contributed by atoms with E-state index in [0.29, 0.717) is 37.3 Å². The lowest BCUT2D eigenvalue weighted by Crippen LogP contribution is -2.44. The summed E-state index contributed by atoms with van der Waals surface area (Å²) in [5, 5.41) is 1.03. The molecule has 0 spiro atoms. The predicted octanol–water partition coefficient (Wildman–Crippen LogP) is 3.82. The minimum Gasteiger partial charge on any atom is -0.355 e. The topological polar surface area (TPSA) is 82.9 Å². The molecule has 1 atom stereocenters. The second-order valence-corrected chi connectivity index (χ2v) is 11.5. The van der Waals surface area contributed by atoms with Gasteiger partial charge in [0.05, 0.1) is 16.3 Å². The number of piperidine rings is 1. The summed E-state index contributed by atoms with van der Waals surface area (Å²) in [7, 11) is -3.63. The first-order valence-corrected chi connectivity index (χ1v) is 13.6. The molecular weight excluding hydrogens is 456 g/mol. The average molecular weight is 481 g/mol. The fourth-order valence-corrected chi connectivity index (χ4v) is 7.55. The maximum atomic E-state index is 13.5. The molecule has 170 valence electrons. The third kappa shape index (κ3) is 3.54. The number of aromatic nitrogens is 1. The number of amides is 1. The van der Waals surface area contributed by atoms with Gasteiger partial charge in [0.2, 0.25) is 5.91 Å². The van der Waals surface area contributed by atoms with Crippen molar-refractivity contribution < 1.29 is 13.2 Å². The Kier molecular flexibility index (Phi) is 4.99. The summed E-state index contributed by atoms with van der Waals surface area (Å²) < 4.78 is 30.0. The van der Waals surface area contributed by atoms with Crippen LogP contribution in [-0.4, -0.2) is 54.6 Å². The summed E-state index contributed by atoms with van der Waals surface area (Å²) >= 11 is 1.69. The first-order chi connectivity index (χ1) is 16.0. The standard InChI is InChI=1S/C24H24N4O3S2/c29-24(28-13-5-8-19(28)23-25-18-7-2-3-9-20(18)32-23)16-11-14-27(15-12-16)22-17-6-1-4-10-21(17)33(30,31)26-22/h1-4,6-7,9-10,16,19H,5,8,11-15H2/t19-/m0/s1. The lowest BCUT2D eigenvalue weighted by atomic mass is 9.94. The number of hydrogen-bond donors (Lipinski definition) is 0. The molecule has 1 aromatic heterocycles. The smallest absolute Gasteiger partial charge is 0.285 e. The van der Waals surface area contributed by atoms with Crippen LogP contribution >= 0.6 is 11.3 Å². The van der Waals surface area contributed by atoms with Gasteiger partial charge in [0, 0.05) is 31.1 Å². The van der Waals surface area contributed by atoms with E-state index >= 15 is 0 Å². The van der Waals surface area contributed by atoms with Gasteiger partial charge in [-0.3, -0.25) is 4.79 Å². The van der Waals surface area contributed by atoms with Crippen LogP contribution in [-0.2, 0) is 14.8 Å². The van der Waals surface area contributed by atoms with Gasteiger partial charge in [-0.25, -0.2) is 4.98 Å². The molecule has 9 heteroatoms. The van der Waals surface area contributed by atoms with Gasteiger partial charge in [0.1, 0.15) is 9.90 Å². The third-order valence-electron chi connectivity index (χ3n) is 6.89. The molecule has 0 radical (unpaired) electrons. The quantitative estimate of drug-likeness (QED) is 0.557. The van der Waals surface area contributed by atoms with E-state index in [9.17, 15) is 13.2 Å². The minimum absolute atomic E-state index is 0.0508. The van der Waals surface area contributed by atoms with Gasteiger partial charge < -0.3 is 9.80 Å². The van der Waals surface area contributed by atoms with Crippen LogP contribution in [0.4, 0.5) is 0 Å². The number of likely N-dealkylation sites (tertiary alicyclic amines) is 2. The number of carbonyl (C=O) groups excluding carboxylic acids is 1. The molecule has 7 nitrogen and oxygen atoms in total. The molecule has 0 bridgehead atoms. The maximum Gasteiger partial charge on any atom is 0.285 e. The van der Waals surface area contributed by atoms with E-state index in [1.165, 1.54) is 0 Å². The minimum atomic E-state index is -3.63. The number of amidine groups is 1. The van der Waals surface area contributed by atoms with Crippen LogP contribution in [0.3, 0.4) is 0 Å². The summed E-state index contributed by atoms with van der Waals surface area (Å²) in [6.45, 7) is 2.02. The molecule has 6 rings (SSSR count). The van der Waals surface area contributed by atoms with E-state index < -0.39 is 10.0 Å². The average Bonchev–Trinajstić information content (AvgIpc) is 3.54. The van der Waals surface area contributed by atoms with Gasteiger partial charge >= 0.3 is 0 Å². The second-order valence-electron chi connectivity index (χ2n) is 8.86. The lowest BCUT2D eigenvalue weighted by molar-refractivity contribution is -0.137. The van der Waals surface area contributed by atoms with Crippen molar-refractivity contribution in [3.8, 4) is 0 Å². The van der Waals surface area contributed by atoms with E-state index in [1.807, 2.05) is 40.1 Å². The zero-order chi connectivity index (χ0) is 22.6. The van der Waals surface area contributed by atoms with Crippen molar-refractivity contribution in [2.45, 2.75) is 36.6 Å². The maximum absolute atomic E-state index is 13.5. The highest BCUT2D eigenvalue weighted by molar-refractivity contribution is 7.90. The molecule has 4 heterocycles. The molecule has 3 aromatic rings. The summed E-state index contributed by atoms with van der Waals surface area (Å²) in [5.74, 6) is 0.674. The number of fused-ring (bicyclic) bond motifs is 2. The highest BCUT2D eigenvalue weighted by Gasteiger charge is 2.38. The van der Waals surface area contributed by atoms with E-state index in [2.05, 4.69) is 10.5 Å². The Balaban J connectivity index is 1.17. The van der Waals surface area contributed by atoms with Crippen molar-refractivity contribution in [3.63, 3.8) is 0 Å². The van der Waals surface area contributed by atoms with Crippen LogP contribution in [0.5, 0.6) is 0 Å². The fraction of sp³-hybridized carbons (Fsp3) is 0.375. The number of para-hydroxylation sites is 1. The van der Waals surface area contributed by atoms with Gasteiger partial charge in [-0.2, -0.15) is 8.42 Å². The van der Waals surface area contributed by atoms with Crippen molar-refractivity contribution in [2.75, 3.05) is 19.6 Å². The van der Waals surface area contributed by atoms with Gasteiger partial charge in [0.15, 0.2) is 5.84 Å². The summed E-state index contributed by atoms with van der Waals surface area (Å²) in [4.78, 5) is 22.6. The van der Waals surface area contributed by atoms with Crippen molar-refractivity contribution in [2.24, 2.45) is 10.3 Å². The van der Waals surface area contributed by atoms with Crippen LogP contribution in [0.1, 0.15) is 42.3 Å². The Morgan fingerprint density at radius 3 is 2.55 bits per heavy atom. The molecule has 2 aromatic carbocycles. The van der Waals surface area contributed by atoms with Crippen LogP contribution in [0, 0.1) is 5.92 Å².